The Bertz CT molecular complexity index is 986. The average molecular weight is 400 g/mol. The number of nitrogens with zero attached hydrogens (tertiary/aromatic N) is 2. The van der Waals surface area contributed by atoms with Gasteiger partial charge in [-0.15, -0.1) is 0 Å². The number of nitrogens with two attached hydrogens (primary N) is 1. The van der Waals surface area contributed by atoms with E-state index in [1.54, 1.807) is 48.7 Å². The molecule has 0 aliphatic carbocycles. The predicted octanol–water partition coefficient (Wildman–Crippen LogP) is 4.24. The van der Waals surface area contributed by atoms with Crippen LogP contribution < -0.4 is 20.1 Å². The molecule has 3 rings (SSSR count). The molecule has 0 spiro atoms. The number of nitro groups is 1. The summed E-state index contributed by atoms with van der Waals surface area (Å²) in [6, 6.07) is 15.5. The third-order valence-corrected chi connectivity index (χ3v) is 4.08. The zero-order valence-corrected chi connectivity index (χ0v) is 15.5. The van der Waals surface area contributed by atoms with Gasteiger partial charge in [0.25, 0.3) is 0 Å². The third-order valence-electron chi connectivity index (χ3n) is 3.74. The molecule has 0 atom stereocenters. The van der Waals surface area contributed by atoms with Crippen molar-refractivity contribution in [1.29, 1.82) is 0 Å². The van der Waals surface area contributed by atoms with Crippen molar-refractivity contribution in [3.63, 3.8) is 0 Å². The van der Waals surface area contributed by atoms with E-state index in [1.165, 1.54) is 13.2 Å². The van der Waals surface area contributed by atoms with Gasteiger partial charge in [0, 0.05) is 24.0 Å². The Hall–Kier alpha value is -3.34. The van der Waals surface area contributed by atoms with Gasteiger partial charge in [0.05, 0.1) is 12.0 Å². The molecule has 0 fully saturated rings. The molecule has 0 amide bonds. The van der Waals surface area contributed by atoms with Gasteiger partial charge >= 0.3 is 5.69 Å². The number of aromatic nitrogens is 1. The topological polar surface area (TPSA) is 122 Å². The first kappa shape index (κ1) is 19.4. The summed E-state index contributed by atoms with van der Waals surface area (Å²) in [4.78, 5) is 15.1. The van der Waals surface area contributed by atoms with Crippen molar-refractivity contribution >= 4 is 29.5 Å². The number of pyridine rings is 1. The Balaban J connectivity index is 1.85. The van der Waals surface area contributed by atoms with E-state index in [0.29, 0.717) is 29.5 Å². The first-order valence-corrected chi connectivity index (χ1v) is 8.63. The van der Waals surface area contributed by atoms with E-state index in [4.69, 9.17) is 14.8 Å². The second kappa shape index (κ2) is 9.04. The fourth-order valence-electron chi connectivity index (χ4n) is 2.52. The van der Waals surface area contributed by atoms with E-state index in [-0.39, 0.29) is 11.4 Å². The molecule has 1 aromatic heterocycles. The molecule has 0 aliphatic rings. The molecule has 0 aliphatic heterocycles. The lowest BCUT2D eigenvalue weighted by molar-refractivity contribution is -0.385. The van der Waals surface area contributed by atoms with E-state index in [0.717, 1.165) is 11.3 Å². The van der Waals surface area contributed by atoms with E-state index in [1.807, 2.05) is 6.07 Å². The van der Waals surface area contributed by atoms with Crippen LogP contribution in [0.4, 0.5) is 17.2 Å². The van der Waals surface area contributed by atoms with Crippen LogP contribution in [0.5, 0.6) is 11.5 Å². The standard InChI is InChI=1S/C18H16N4O5S/c1-25-17-6-5-12(9-16(17)22(23)24)13-7-8-20-18(10-13)21-14-3-2-4-15(11-14)26-28-27-19/h2-11H,19H2,1H3,(H,20,21). The van der Waals surface area contributed by atoms with Crippen molar-refractivity contribution in [2.75, 3.05) is 12.4 Å². The van der Waals surface area contributed by atoms with Gasteiger partial charge in [-0.05, 0) is 41.5 Å². The normalized spacial score (nSPS) is 10.4. The summed E-state index contributed by atoms with van der Waals surface area (Å²) >= 11 is 0.652. The van der Waals surface area contributed by atoms with Gasteiger partial charge in [-0.25, -0.2) is 4.98 Å². The maximum absolute atomic E-state index is 11.2. The zero-order chi connectivity index (χ0) is 19.9. The summed E-state index contributed by atoms with van der Waals surface area (Å²) in [6.07, 6.45) is 1.62. The first-order chi connectivity index (χ1) is 13.6. The highest BCUT2D eigenvalue weighted by molar-refractivity contribution is 7.90. The lowest BCUT2D eigenvalue weighted by Crippen LogP contribution is -1.96. The lowest BCUT2D eigenvalue weighted by Gasteiger charge is -2.10. The van der Waals surface area contributed by atoms with Gasteiger partial charge in [0.2, 0.25) is 12.3 Å². The van der Waals surface area contributed by atoms with Crippen LogP contribution in [-0.4, -0.2) is 17.0 Å². The molecule has 144 valence electrons. The van der Waals surface area contributed by atoms with Gasteiger partial charge in [-0.3, -0.25) is 10.1 Å². The molecule has 28 heavy (non-hydrogen) atoms. The number of benzene rings is 2. The molecular weight excluding hydrogens is 384 g/mol. The van der Waals surface area contributed by atoms with Gasteiger partial charge in [0.15, 0.2) is 5.75 Å². The van der Waals surface area contributed by atoms with Crippen LogP contribution in [-0.2, 0) is 4.28 Å². The second-order valence-electron chi connectivity index (χ2n) is 5.47. The number of anilines is 2. The van der Waals surface area contributed by atoms with Gasteiger partial charge in [-0.2, -0.15) is 10.2 Å². The molecule has 0 saturated heterocycles. The number of nitrogens with one attached hydrogen (secondary N) is 1. The highest BCUT2D eigenvalue weighted by Crippen LogP contribution is 2.33. The number of methoxy groups -OCH3 is 1. The summed E-state index contributed by atoms with van der Waals surface area (Å²) in [7, 11) is 1.40. The molecular formula is C18H16N4O5S. The van der Waals surface area contributed by atoms with Crippen LogP contribution in [0.25, 0.3) is 11.1 Å². The molecule has 9 nitrogen and oxygen atoms in total. The van der Waals surface area contributed by atoms with E-state index in [9.17, 15) is 10.1 Å². The number of ether oxygens (including phenoxy) is 1. The van der Waals surface area contributed by atoms with Crippen LogP contribution >= 0.6 is 12.3 Å². The largest absolute Gasteiger partial charge is 0.490 e. The van der Waals surface area contributed by atoms with Crippen molar-refractivity contribution in [2.45, 2.75) is 0 Å². The molecule has 10 heteroatoms. The molecule has 3 aromatic rings. The van der Waals surface area contributed by atoms with Gasteiger partial charge in [-0.1, -0.05) is 12.1 Å². The number of rotatable bonds is 8. The van der Waals surface area contributed by atoms with Crippen molar-refractivity contribution < 1.29 is 18.1 Å². The van der Waals surface area contributed by atoms with Crippen molar-refractivity contribution in [1.82, 2.24) is 4.98 Å². The minimum absolute atomic E-state index is 0.101. The Morgan fingerprint density at radius 3 is 2.71 bits per heavy atom. The predicted molar refractivity (Wildman–Crippen MR) is 106 cm³/mol. The number of hydrogen-bond acceptors (Lipinski definition) is 9. The minimum atomic E-state index is -0.475. The first-order valence-electron chi connectivity index (χ1n) is 7.96. The van der Waals surface area contributed by atoms with Crippen molar-refractivity contribution in [2.24, 2.45) is 5.90 Å². The number of nitro benzene ring substituents is 1. The monoisotopic (exact) mass is 400 g/mol. The lowest BCUT2D eigenvalue weighted by atomic mass is 10.1. The Kier molecular flexibility index (Phi) is 6.27. The van der Waals surface area contributed by atoms with Crippen LogP contribution in [0.15, 0.2) is 60.8 Å². The Labute approximate surface area is 165 Å². The van der Waals surface area contributed by atoms with E-state index >= 15 is 0 Å². The van der Waals surface area contributed by atoms with Crippen molar-refractivity contribution in [3.8, 4) is 22.6 Å². The van der Waals surface area contributed by atoms with Gasteiger partial charge in [0.1, 0.15) is 11.6 Å². The SMILES string of the molecule is COc1ccc(-c2ccnc(Nc3cccc(OSON)c3)c2)cc1[N+](=O)[O-]. The summed E-state index contributed by atoms with van der Waals surface area (Å²) in [6.45, 7) is 0. The Morgan fingerprint density at radius 1 is 1.14 bits per heavy atom. The molecule has 1 heterocycles. The second-order valence-corrected chi connectivity index (χ2v) is 5.97. The molecule has 0 radical (unpaired) electrons. The maximum atomic E-state index is 11.2. The molecule has 0 bridgehead atoms. The van der Waals surface area contributed by atoms with E-state index < -0.39 is 4.92 Å². The summed E-state index contributed by atoms with van der Waals surface area (Å²) in [5.74, 6) is 6.24. The van der Waals surface area contributed by atoms with Crippen LogP contribution in [0, 0.1) is 10.1 Å². The molecule has 3 N–H and O–H groups in total. The quantitative estimate of drug-likeness (QED) is 0.325. The average Bonchev–Trinajstić information content (AvgIpc) is 2.72. The van der Waals surface area contributed by atoms with Crippen LogP contribution in [0.3, 0.4) is 0 Å². The van der Waals surface area contributed by atoms with Crippen LogP contribution in [0.1, 0.15) is 0 Å². The van der Waals surface area contributed by atoms with Crippen molar-refractivity contribution in [3.05, 3.63) is 70.9 Å². The zero-order valence-electron chi connectivity index (χ0n) is 14.7. The Morgan fingerprint density at radius 2 is 1.96 bits per heavy atom. The highest BCUT2D eigenvalue weighted by atomic mass is 32.2. The molecule has 0 unspecified atom stereocenters. The fraction of sp³-hybridized carbons (Fsp3) is 0.0556. The fourth-order valence-corrected chi connectivity index (χ4v) is 2.74. The highest BCUT2D eigenvalue weighted by Gasteiger charge is 2.16. The van der Waals surface area contributed by atoms with Crippen LogP contribution in [0.2, 0.25) is 0 Å². The van der Waals surface area contributed by atoms with E-state index in [2.05, 4.69) is 14.6 Å². The molecule has 0 saturated carbocycles. The number of hydrogen-bond donors (Lipinski definition) is 2. The van der Waals surface area contributed by atoms with Gasteiger partial charge < -0.3 is 14.2 Å². The third kappa shape index (κ3) is 4.68. The summed E-state index contributed by atoms with van der Waals surface area (Å²) in [5.41, 5.74) is 2.07. The smallest absolute Gasteiger partial charge is 0.311 e. The maximum Gasteiger partial charge on any atom is 0.311 e. The summed E-state index contributed by atoms with van der Waals surface area (Å²) in [5, 5.41) is 14.4. The molecule has 2 aromatic carbocycles. The summed E-state index contributed by atoms with van der Waals surface area (Å²) < 4.78 is 14.6. The minimum Gasteiger partial charge on any atom is -0.490 e.